The van der Waals surface area contributed by atoms with Crippen LogP contribution in [0.4, 0.5) is 0 Å². The molecule has 2 nitrogen and oxygen atoms in total. The van der Waals surface area contributed by atoms with Crippen LogP contribution in [0.15, 0.2) is 0 Å². The monoisotopic (exact) mass is 195 g/mol. The molecular weight excluding hydrogens is 174 g/mol. The molecular formula is C12H21NO. The highest BCUT2D eigenvalue weighted by Gasteiger charge is 2.32. The number of piperidine rings is 1. The van der Waals surface area contributed by atoms with Gasteiger partial charge in [0, 0.05) is 12.5 Å². The van der Waals surface area contributed by atoms with Crippen molar-refractivity contribution in [1.82, 2.24) is 5.32 Å². The quantitative estimate of drug-likeness (QED) is 0.683. The third kappa shape index (κ3) is 2.10. The minimum Gasteiger partial charge on any atom is -0.356 e. The second-order valence-corrected chi connectivity index (χ2v) is 5.07. The van der Waals surface area contributed by atoms with Gasteiger partial charge in [0.2, 0.25) is 5.91 Å². The van der Waals surface area contributed by atoms with Crippen molar-refractivity contribution in [3.63, 3.8) is 0 Å². The van der Waals surface area contributed by atoms with Crippen molar-refractivity contribution in [3.05, 3.63) is 0 Å². The predicted molar refractivity (Wildman–Crippen MR) is 56.9 cm³/mol. The standard InChI is InChI=1S/C12H21NO/c1-9-4-2-5-10(8-9)11-6-3-7-13-12(11)14/h9-11H,2-8H2,1H3,(H,13,14). The first-order valence-corrected chi connectivity index (χ1v) is 6.05. The first-order valence-electron chi connectivity index (χ1n) is 6.05. The lowest BCUT2D eigenvalue weighted by Gasteiger charge is -2.34. The van der Waals surface area contributed by atoms with Gasteiger partial charge in [-0.3, -0.25) is 4.79 Å². The van der Waals surface area contributed by atoms with Gasteiger partial charge in [-0.2, -0.15) is 0 Å². The third-order valence-electron chi connectivity index (χ3n) is 3.87. The lowest BCUT2D eigenvalue weighted by Crippen LogP contribution is -2.41. The van der Waals surface area contributed by atoms with Crippen LogP contribution in [0.2, 0.25) is 0 Å². The zero-order valence-electron chi connectivity index (χ0n) is 9.09. The molecule has 1 heterocycles. The molecule has 2 rings (SSSR count). The van der Waals surface area contributed by atoms with Gasteiger partial charge in [0.25, 0.3) is 0 Å². The molecule has 3 atom stereocenters. The molecule has 3 unspecified atom stereocenters. The average Bonchev–Trinajstić information content (AvgIpc) is 2.18. The maximum Gasteiger partial charge on any atom is 0.223 e. The minimum absolute atomic E-state index is 0.329. The maximum atomic E-state index is 11.7. The van der Waals surface area contributed by atoms with Crippen molar-refractivity contribution in [1.29, 1.82) is 0 Å². The van der Waals surface area contributed by atoms with Crippen molar-refractivity contribution >= 4 is 5.91 Å². The third-order valence-corrected chi connectivity index (χ3v) is 3.87. The van der Waals surface area contributed by atoms with Gasteiger partial charge < -0.3 is 5.32 Å². The van der Waals surface area contributed by atoms with Gasteiger partial charge in [-0.05, 0) is 37.5 Å². The highest BCUT2D eigenvalue weighted by atomic mass is 16.1. The fraction of sp³-hybridized carbons (Fsp3) is 0.917. The number of rotatable bonds is 1. The summed E-state index contributed by atoms with van der Waals surface area (Å²) in [7, 11) is 0. The molecule has 2 heteroatoms. The van der Waals surface area contributed by atoms with E-state index in [0.29, 0.717) is 17.7 Å². The molecule has 0 radical (unpaired) electrons. The van der Waals surface area contributed by atoms with Crippen molar-refractivity contribution in [3.8, 4) is 0 Å². The summed E-state index contributed by atoms with van der Waals surface area (Å²) in [4.78, 5) is 11.7. The first kappa shape index (κ1) is 10.0. The summed E-state index contributed by atoms with van der Waals surface area (Å²) >= 11 is 0. The summed E-state index contributed by atoms with van der Waals surface area (Å²) in [6.07, 6.45) is 7.56. The Hall–Kier alpha value is -0.530. The van der Waals surface area contributed by atoms with Crippen LogP contribution in [0.25, 0.3) is 0 Å². The summed E-state index contributed by atoms with van der Waals surface area (Å²) < 4.78 is 0. The summed E-state index contributed by atoms with van der Waals surface area (Å²) in [6.45, 7) is 3.23. The minimum atomic E-state index is 0.329. The molecule has 0 aromatic heterocycles. The molecule has 1 amide bonds. The summed E-state index contributed by atoms with van der Waals surface area (Å²) in [5, 5.41) is 3.01. The van der Waals surface area contributed by atoms with E-state index in [9.17, 15) is 4.79 Å². The Morgan fingerprint density at radius 2 is 2.07 bits per heavy atom. The maximum absolute atomic E-state index is 11.7. The van der Waals surface area contributed by atoms with E-state index in [4.69, 9.17) is 0 Å². The van der Waals surface area contributed by atoms with E-state index in [1.807, 2.05) is 0 Å². The Morgan fingerprint density at radius 1 is 1.21 bits per heavy atom. The Morgan fingerprint density at radius 3 is 2.79 bits per heavy atom. The van der Waals surface area contributed by atoms with Crippen LogP contribution in [-0.4, -0.2) is 12.5 Å². The van der Waals surface area contributed by atoms with Gasteiger partial charge in [-0.1, -0.05) is 19.8 Å². The van der Waals surface area contributed by atoms with E-state index in [-0.39, 0.29) is 0 Å². The second-order valence-electron chi connectivity index (χ2n) is 5.07. The molecule has 0 bridgehead atoms. The van der Waals surface area contributed by atoms with Crippen molar-refractivity contribution in [2.45, 2.75) is 45.4 Å². The molecule has 1 N–H and O–H groups in total. The molecule has 2 aliphatic rings. The van der Waals surface area contributed by atoms with E-state index in [0.717, 1.165) is 18.9 Å². The summed E-state index contributed by atoms with van der Waals surface area (Å²) in [5.74, 6) is 2.18. The van der Waals surface area contributed by atoms with Crippen LogP contribution >= 0.6 is 0 Å². The number of amides is 1. The highest BCUT2D eigenvalue weighted by molar-refractivity contribution is 5.79. The Labute approximate surface area is 86.5 Å². The number of carbonyl (C=O) groups is 1. The first-order chi connectivity index (χ1) is 6.77. The molecule has 1 aliphatic carbocycles. The highest BCUT2D eigenvalue weighted by Crippen LogP contribution is 2.36. The largest absolute Gasteiger partial charge is 0.356 e. The van der Waals surface area contributed by atoms with Gasteiger partial charge in [0.15, 0.2) is 0 Å². The molecule has 1 saturated heterocycles. The normalized spacial score (nSPS) is 39.2. The molecule has 80 valence electrons. The molecule has 14 heavy (non-hydrogen) atoms. The van der Waals surface area contributed by atoms with Gasteiger partial charge in [-0.25, -0.2) is 0 Å². The molecule has 2 fully saturated rings. The van der Waals surface area contributed by atoms with Crippen LogP contribution in [0.1, 0.15) is 45.4 Å². The Bertz CT molecular complexity index is 214. The SMILES string of the molecule is CC1CCCC(C2CCCNC2=O)C1. The zero-order valence-corrected chi connectivity index (χ0v) is 9.09. The molecule has 0 aromatic rings. The fourth-order valence-electron chi connectivity index (χ4n) is 3.09. The van der Waals surface area contributed by atoms with Gasteiger partial charge in [-0.15, -0.1) is 0 Å². The Kier molecular flexibility index (Phi) is 3.09. The summed E-state index contributed by atoms with van der Waals surface area (Å²) in [6, 6.07) is 0. The smallest absolute Gasteiger partial charge is 0.223 e. The predicted octanol–water partition coefficient (Wildman–Crippen LogP) is 2.34. The van der Waals surface area contributed by atoms with E-state index in [1.165, 1.54) is 32.1 Å². The number of nitrogens with one attached hydrogen (secondary N) is 1. The van der Waals surface area contributed by atoms with Gasteiger partial charge in [0.1, 0.15) is 0 Å². The number of hydrogen-bond acceptors (Lipinski definition) is 1. The fourth-order valence-corrected chi connectivity index (χ4v) is 3.09. The second kappa shape index (κ2) is 4.33. The zero-order chi connectivity index (χ0) is 9.97. The van der Waals surface area contributed by atoms with Crippen LogP contribution in [0.3, 0.4) is 0 Å². The van der Waals surface area contributed by atoms with E-state index >= 15 is 0 Å². The lowest BCUT2D eigenvalue weighted by atomic mass is 9.73. The van der Waals surface area contributed by atoms with Crippen LogP contribution < -0.4 is 5.32 Å². The number of carbonyl (C=O) groups excluding carboxylic acids is 1. The van der Waals surface area contributed by atoms with Crippen molar-refractivity contribution in [2.75, 3.05) is 6.54 Å². The summed E-state index contributed by atoms with van der Waals surface area (Å²) in [5.41, 5.74) is 0. The molecule has 1 aliphatic heterocycles. The lowest BCUT2D eigenvalue weighted by molar-refractivity contribution is -0.129. The van der Waals surface area contributed by atoms with E-state index in [2.05, 4.69) is 12.2 Å². The Balaban J connectivity index is 1.94. The van der Waals surface area contributed by atoms with Gasteiger partial charge >= 0.3 is 0 Å². The van der Waals surface area contributed by atoms with E-state index in [1.54, 1.807) is 0 Å². The number of hydrogen-bond donors (Lipinski definition) is 1. The van der Waals surface area contributed by atoms with Gasteiger partial charge in [0.05, 0.1) is 0 Å². The van der Waals surface area contributed by atoms with Crippen LogP contribution in [0.5, 0.6) is 0 Å². The van der Waals surface area contributed by atoms with Crippen molar-refractivity contribution in [2.24, 2.45) is 17.8 Å². The molecule has 0 spiro atoms. The molecule has 0 aromatic carbocycles. The van der Waals surface area contributed by atoms with Crippen molar-refractivity contribution < 1.29 is 4.79 Å². The average molecular weight is 195 g/mol. The molecule has 1 saturated carbocycles. The van der Waals surface area contributed by atoms with Crippen LogP contribution in [0, 0.1) is 17.8 Å². The van der Waals surface area contributed by atoms with Crippen LogP contribution in [-0.2, 0) is 4.79 Å². The van der Waals surface area contributed by atoms with E-state index < -0.39 is 0 Å². The topological polar surface area (TPSA) is 29.1 Å².